The van der Waals surface area contributed by atoms with Crippen LogP contribution in [-0.2, 0) is 0 Å². The fraction of sp³-hybridized carbons (Fsp3) is 0.556. The first-order valence-electron chi connectivity index (χ1n) is 3.75. The average molecular weight is 140 g/mol. The van der Waals surface area contributed by atoms with Crippen LogP contribution in [0.3, 0.4) is 0 Å². The van der Waals surface area contributed by atoms with Crippen molar-refractivity contribution in [1.29, 1.82) is 0 Å². The summed E-state index contributed by atoms with van der Waals surface area (Å²) in [5.74, 6) is 0. The smallest absolute Gasteiger partial charge is 0.0615 e. The molecule has 1 nitrogen and oxygen atoms in total. The summed E-state index contributed by atoms with van der Waals surface area (Å²) in [5, 5.41) is 8.43. The summed E-state index contributed by atoms with van der Waals surface area (Å²) < 4.78 is 0. The standard InChI is InChI=1S/C9H16O/c1-3-4-6-9(2)7-5-8-10/h5-7,10H,3-4,8H2,1-2H3/b7-5+,9-6+. The van der Waals surface area contributed by atoms with Crippen LogP contribution in [0.25, 0.3) is 0 Å². The van der Waals surface area contributed by atoms with Crippen molar-refractivity contribution >= 4 is 0 Å². The summed E-state index contributed by atoms with van der Waals surface area (Å²) in [5.41, 5.74) is 1.23. The molecule has 0 bridgehead atoms. The largest absolute Gasteiger partial charge is 0.392 e. The van der Waals surface area contributed by atoms with Crippen molar-refractivity contribution < 1.29 is 5.11 Å². The van der Waals surface area contributed by atoms with Crippen molar-refractivity contribution in [2.45, 2.75) is 26.7 Å². The Kier molecular flexibility index (Phi) is 6.19. The number of aliphatic hydroxyl groups is 1. The minimum atomic E-state index is 0.136. The molecule has 0 aromatic heterocycles. The molecular weight excluding hydrogens is 124 g/mol. The van der Waals surface area contributed by atoms with Crippen molar-refractivity contribution in [2.24, 2.45) is 0 Å². The molecule has 1 N–H and O–H groups in total. The third-order valence-electron chi connectivity index (χ3n) is 1.24. The van der Waals surface area contributed by atoms with Gasteiger partial charge in [0.2, 0.25) is 0 Å². The minimum Gasteiger partial charge on any atom is -0.392 e. The van der Waals surface area contributed by atoms with E-state index in [-0.39, 0.29) is 6.61 Å². The van der Waals surface area contributed by atoms with Crippen LogP contribution in [0.4, 0.5) is 0 Å². The van der Waals surface area contributed by atoms with Gasteiger partial charge >= 0.3 is 0 Å². The molecule has 0 aliphatic heterocycles. The Morgan fingerprint density at radius 3 is 2.70 bits per heavy atom. The predicted molar refractivity (Wildman–Crippen MR) is 44.9 cm³/mol. The zero-order chi connectivity index (χ0) is 7.82. The maximum atomic E-state index is 8.43. The first-order valence-corrected chi connectivity index (χ1v) is 3.75. The highest BCUT2D eigenvalue weighted by Crippen LogP contribution is 1.98. The molecule has 0 spiro atoms. The SMILES string of the molecule is CCC/C=C(C)/C=C/CO. The molecule has 10 heavy (non-hydrogen) atoms. The van der Waals surface area contributed by atoms with E-state index in [2.05, 4.69) is 13.0 Å². The predicted octanol–water partition coefficient (Wildman–Crippen LogP) is 2.28. The molecule has 0 aromatic carbocycles. The highest BCUT2D eigenvalue weighted by molar-refractivity contribution is 5.15. The molecule has 0 aliphatic carbocycles. The molecule has 0 fully saturated rings. The van der Waals surface area contributed by atoms with Gasteiger partial charge in [0.05, 0.1) is 6.61 Å². The molecule has 0 rings (SSSR count). The molecule has 0 radical (unpaired) electrons. The quantitative estimate of drug-likeness (QED) is 0.594. The number of aliphatic hydroxyl groups excluding tert-OH is 1. The lowest BCUT2D eigenvalue weighted by Crippen LogP contribution is -1.73. The topological polar surface area (TPSA) is 20.2 Å². The van der Waals surface area contributed by atoms with Crippen LogP contribution in [0.2, 0.25) is 0 Å². The van der Waals surface area contributed by atoms with E-state index >= 15 is 0 Å². The second-order valence-electron chi connectivity index (χ2n) is 2.32. The van der Waals surface area contributed by atoms with E-state index in [1.54, 1.807) is 6.08 Å². The van der Waals surface area contributed by atoms with Crippen molar-refractivity contribution in [2.75, 3.05) is 6.61 Å². The Morgan fingerprint density at radius 2 is 2.20 bits per heavy atom. The van der Waals surface area contributed by atoms with Crippen molar-refractivity contribution in [3.63, 3.8) is 0 Å². The van der Waals surface area contributed by atoms with Gasteiger partial charge in [0.15, 0.2) is 0 Å². The number of rotatable bonds is 4. The summed E-state index contributed by atoms with van der Waals surface area (Å²) in [6.07, 6.45) is 8.18. The number of hydrogen-bond donors (Lipinski definition) is 1. The molecule has 0 aromatic rings. The molecule has 0 amide bonds. The van der Waals surface area contributed by atoms with Crippen LogP contribution in [0.1, 0.15) is 26.7 Å². The van der Waals surface area contributed by atoms with Gasteiger partial charge in [-0.05, 0) is 13.3 Å². The lowest BCUT2D eigenvalue weighted by molar-refractivity contribution is 0.342. The number of unbranched alkanes of at least 4 members (excludes halogenated alkanes) is 1. The van der Waals surface area contributed by atoms with Crippen LogP contribution in [0, 0.1) is 0 Å². The van der Waals surface area contributed by atoms with Crippen molar-refractivity contribution in [1.82, 2.24) is 0 Å². The lowest BCUT2D eigenvalue weighted by atomic mass is 10.2. The van der Waals surface area contributed by atoms with Gasteiger partial charge in [-0.15, -0.1) is 0 Å². The van der Waals surface area contributed by atoms with E-state index in [1.165, 1.54) is 12.0 Å². The molecule has 0 atom stereocenters. The molecule has 0 saturated heterocycles. The van der Waals surface area contributed by atoms with Crippen LogP contribution in [0.15, 0.2) is 23.8 Å². The van der Waals surface area contributed by atoms with E-state index in [4.69, 9.17) is 5.11 Å². The molecule has 58 valence electrons. The van der Waals surface area contributed by atoms with Gasteiger partial charge in [-0.3, -0.25) is 0 Å². The number of hydrogen-bond acceptors (Lipinski definition) is 1. The summed E-state index contributed by atoms with van der Waals surface area (Å²) in [7, 11) is 0. The molecule has 0 heterocycles. The lowest BCUT2D eigenvalue weighted by Gasteiger charge is -1.89. The fourth-order valence-electron chi connectivity index (χ4n) is 0.679. The second-order valence-corrected chi connectivity index (χ2v) is 2.32. The Bertz CT molecular complexity index is 123. The molecule has 0 unspecified atom stereocenters. The maximum absolute atomic E-state index is 8.43. The van der Waals surface area contributed by atoms with Gasteiger partial charge in [-0.25, -0.2) is 0 Å². The van der Waals surface area contributed by atoms with Gasteiger partial charge in [-0.2, -0.15) is 0 Å². The van der Waals surface area contributed by atoms with Crippen LogP contribution in [-0.4, -0.2) is 11.7 Å². The Labute approximate surface area is 63.1 Å². The summed E-state index contributed by atoms with van der Waals surface area (Å²) in [6, 6.07) is 0. The third-order valence-corrected chi connectivity index (χ3v) is 1.24. The maximum Gasteiger partial charge on any atom is 0.0615 e. The molecular formula is C9H16O. The van der Waals surface area contributed by atoms with Gasteiger partial charge in [0.25, 0.3) is 0 Å². The number of allylic oxidation sites excluding steroid dienone is 3. The van der Waals surface area contributed by atoms with Gasteiger partial charge < -0.3 is 5.11 Å². The van der Waals surface area contributed by atoms with Gasteiger partial charge in [0, 0.05) is 0 Å². The molecule has 1 heteroatoms. The average Bonchev–Trinajstić information content (AvgIpc) is 1.97. The first-order chi connectivity index (χ1) is 4.81. The third kappa shape index (κ3) is 5.57. The minimum absolute atomic E-state index is 0.136. The first kappa shape index (κ1) is 9.44. The fourth-order valence-corrected chi connectivity index (χ4v) is 0.679. The highest BCUT2D eigenvalue weighted by Gasteiger charge is 1.79. The Morgan fingerprint density at radius 1 is 1.50 bits per heavy atom. The van der Waals surface area contributed by atoms with E-state index in [9.17, 15) is 0 Å². The molecule has 0 saturated carbocycles. The summed E-state index contributed by atoms with van der Waals surface area (Å²) in [6.45, 7) is 4.33. The van der Waals surface area contributed by atoms with Crippen molar-refractivity contribution in [3.05, 3.63) is 23.8 Å². The monoisotopic (exact) mass is 140 g/mol. The van der Waals surface area contributed by atoms with E-state index in [1.807, 2.05) is 13.0 Å². The van der Waals surface area contributed by atoms with E-state index in [0.717, 1.165) is 6.42 Å². The zero-order valence-electron chi connectivity index (χ0n) is 6.80. The van der Waals surface area contributed by atoms with E-state index < -0.39 is 0 Å². The van der Waals surface area contributed by atoms with Crippen molar-refractivity contribution in [3.8, 4) is 0 Å². The Balaban J connectivity index is 3.59. The van der Waals surface area contributed by atoms with Crippen LogP contribution in [0.5, 0.6) is 0 Å². The summed E-state index contributed by atoms with van der Waals surface area (Å²) in [4.78, 5) is 0. The van der Waals surface area contributed by atoms with Crippen LogP contribution >= 0.6 is 0 Å². The van der Waals surface area contributed by atoms with E-state index in [0.29, 0.717) is 0 Å². The van der Waals surface area contributed by atoms with Gasteiger partial charge in [0.1, 0.15) is 0 Å². The highest BCUT2D eigenvalue weighted by atomic mass is 16.2. The second kappa shape index (κ2) is 6.56. The molecule has 0 aliphatic rings. The normalized spacial score (nSPS) is 12.9. The zero-order valence-corrected chi connectivity index (χ0v) is 6.80. The Hall–Kier alpha value is -0.560. The van der Waals surface area contributed by atoms with Crippen LogP contribution < -0.4 is 0 Å². The summed E-state index contributed by atoms with van der Waals surface area (Å²) >= 11 is 0. The van der Waals surface area contributed by atoms with Gasteiger partial charge in [-0.1, -0.05) is 37.1 Å².